The summed E-state index contributed by atoms with van der Waals surface area (Å²) in [7, 11) is 0. The summed E-state index contributed by atoms with van der Waals surface area (Å²) in [5.41, 5.74) is 0.103. The maximum absolute atomic E-state index is 9.96. The molecule has 0 aromatic rings. The van der Waals surface area contributed by atoms with Gasteiger partial charge < -0.3 is 5.11 Å². The molecule has 2 saturated carbocycles. The molecule has 6 atom stereocenters. The van der Waals surface area contributed by atoms with Gasteiger partial charge in [-0.1, -0.05) is 46.3 Å². The van der Waals surface area contributed by atoms with Crippen molar-refractivity contribution >= 4 is 0 Å². The van der Waals surface area contributed by atoms with Gasteiger partial charge in [-0.05, 0) is 93.8 Å². The summed E-state index contributed by atoms with van der Waals surface area (Å²) in [4.78, 5) is 0. The third-order valence-electron chi connectivity index (χ3n) is 7.55. The minimum absolute atomic E-state index is 0.486. The Balaban J connectivity index is 0.00000100. The molecule has 0 aliphatic heterocycles. The molecule has 3 aliphatic carbocycles. The van der Waals surface area contributed by atoms with Crippen molar-refractivity contribution in [1.29, 1.82) is 0 Å². The van der Waals surface area contributed by atoms with Gasteiger partial charge in [0.15, 0.2) is 0 Å². The molecule has 0 bridgehead atoms. The topological polar surface area (TPSA) is 20.2 Å². The van der Waals surface area contributed by atoms with Crippen molar-refractivity contribution in [3.63, 3.8) is 0 Å². The van der Waals surface area contributed by atoms with Crippen LogP contribution in [0.2, 0.25) is 0 Å². The largest absolute Gasteiger partial charge is 0.390 e. The summed E-state index contributed by atoms with van der Waals surface area (Å²) in [5.74, 6) is 4.58. The molecule has 0 heterocycles. The van der Waals surface area contributed by atoms with E-state index in [1.165, 1.54) is 44.9 Å². The highest BCUT2D eigenvalue weighted by molar-refractivity contribution is 5.09. The molecule has 24 heavy (non-hydrogen) atoms. The molecule has 0 aromatic heterocycles. The molecule has 0 amide bonds. The molecule has 1 heteroatoms. The average molecular weight is 335 g/mol. The van der Waals surface area contributed by atoms with E-state index in [4.69, 9.17) is 0 Å². The van der Waals surface area contributed by atoms with Gasteiger partial charge in [-0.3, -0.25) is 0 Å². The Morgan fingerprint density at radius 1 is 1.12 bits per heavy atom. The highest BCUT2D eigenvalue weighted by atomic mass is 16.3. The summed E-state index contributed by atoms with van der Waals surface area (Å²) in [6.45, 7) is 12.9. The second-order valence-corrected chi connectivity index (χ2v) is 9.48. The zero-order chi connectivity index (χ0) is 18.0. The highest BCUT2D eigenvalue weighted by Crippen LogP contribution is 2.62. The van der Waals surface area contributed by atoms with E-state index in [0.717, 1.165) is 36.0 Å². The SMILES string of the molecule is CC.CC1C=CCC2C1CCC1(C)C(CCCC(C)(C)O)CCC21. The van der Waals surface area contributed by atoms with Crippen LogP contribution in [0.4, 0.5) is 0 Å². The molecule has 3 rings (SSSR count). The normalized spacial score (nSPS) is 41.2. The molecule has 140 valence electrons. The predicted molar refractivity (Wildman–Crippen MR) is 105 cm³/mol. The summed E-state index contributed by atoms with van der Waals surface area (Å²) >= 11 is 0. The number of aliphatic hydroxyl groups is 1. The minimum Gasteiger partial charge on any atom is -0.390 e. The van der Waals surface area contributed by atoms with Crippen molar-refractivity contribution in [2.45, 2.75) is 98.5 Å². The smallest absolute Gasteiger partial charge is 0.0591 e. The van der Waals surface area contributed by atoms with E-state index in [0.29, 0.717) is 5.41 Å². The van der Waals surface area contributed by atoms with Crippen LogP contribution >= 0.6 is 0 Å². The molecule has 2 fully saturated rings. The second-order valence-electron chi connectivity index (χ2n) is 9.48. The van der Waals surface area contributed by atoms with Gasteiger partial charge in [0.05, 0.1) is 5.60 Å². The van der Waals surface area contributed by atoms with Crippen molar-refractivity contribution in [3.05, 3.63) is 12.2 Å². The van der Waals surface area contributed by atoms with Crippen LogP contribution in [0.15, 0.2) is 12.2 Å². The fourth-order valence-electron chi connectivity index (χ4n) is 6.27. The van der Waals surface area contributed by atoms with E-state index < -0.39 is 5.60 Å². The van der Waals surface area contributed by atoms with Crippen LogP contribution in [0.25, 0.3) is 0 Å². The average Bonchev–Trinajstić information content (AvgIpc) is 2.86. The third-order valence-corrected chi connectivity index (χ3v) is 7.55. The molecule has 0 saturated heterocycles. The molecular weight excluding hydrogens is 292 g/mol. The molecule has 0 spiro atoms. The fraction of sp³-hybridized carbons (Fsp3) is 0.913. The summed E-state index contributed by atoms with van der Waals surface area (Å²) in [6.07, 6.45) is 15.6. The standard InChI is InChI=1S/C21H36O.C2H6/c1-15-7-5-9-18-17(15)12-14-21(4)16(10-11-19(18)21)8-6-13-20(2,3)22;1-2/h5,7,15-19,22H,6,8-14H2,1-4H3;1-2H3. The minimum atomic E-state index is -0.486. The first-order chi connectivity index (χ1) is 11.3. The molecular formula is C23H42O. The zero-order valence-corrected chi connectivity index (χ0v) is 17.1. The van der Waals surface area contributed by atoms with E-state index in [-0.39, 0.29) is 0 Å². The number of hydrogen-bond donors (Lipinski definition) is 1. The van der Waals surface area contributed by atoms with E-state index in [1.807, 2.05) is 27.7 Å². The maximum Gasteiger partial charge on any atom is 0.0591 e. The summed E-state index contributed by atoms with van der Waals surface area (Å²) in [6, 6.07) is 0. The van der Waals surface area contributed by atoms with Crippen LogP contribution in [-0.4, -0.2) is 10.7 Å². The van der Waals surface area contributed by atoms with Gasteiger partial charge in [-0.25, -0.2) is 0 Å². The summed E-state index contributed by atoms with van der Waals surface area (Å²) in [5, 5.41) is 9.96. The lowest BCUT2D eigenvalue weighted by Gasteiger charge is -2.51. The molecule has 1 N–H and O–H groups in total. The van der Waals surface area contributed by atoms with E-state index in [9.17, 15) is 5.11 Å². The number of fused-ring (bicyclic) bond motifs is 3. The van der Waals surface area contributed by atoms with Crippen molar-refractivity contribution in [3.8, 4) is 0 Å². The highest BCUT2D eigenvalue weighted by Gasteiger charge is 2.53. The maximum atomic E-state index is 9.96. The lowest BCUT2D eigenvalue weighted by Crippen LogP contribution is -2.43. The van der Waals surface area contributed by atoms with Crippen molar-refractivity contribution in [2.24, 2.45) is 35.0 Å². The van der Waals surface area contributed by atoms with Gasteiger partial charge in [0, 0.05) is 0 Å². The first-order valence-electron chi connectivity index (χ1n) is 10.7. The van der Waals surface area contributed by atoms with Crippen molar-refractivity contribution in [1.82, 2.24) is 0 Å². The van der Waals surface area contributed by atoms with Crippen LogP contribution in [0, 0.1) is 35.0 Å². The van der Waals surface area contributed by atoms with E-state index >= 15 is 0 Å². The van der Waals surface area contributed by atoms with Crippen LogP contribution in [0.5, 0.6) is 0 Å². The first kappa shape index (κ1) is 20.0. The molecule has 0 radical (unpaired) electrons. The van der Waals surface area contributed by atoms with Crippen LogP contribution in [0.1, 0.15) is 92.9 Å². The van der Waals surface area contributed by atoms with Crippen LogP contribution in [-0.2, 0) is 0 Å². The number of hydrogen-bond acceptors (Lipinski definition) is 1. The Hall–Kier alpha value is -0.300. The Bertz CT molecular complexity index is 418. The third kappa shape index (κ3) is 4.09. The van der Waals surface area contributed by atoms with Crippen LogP contribution < -0.4 is 0 Å². The molecule has 3 aliphatic rings. The van der Waals surface area contributed by atoms with Gasteiger partial charge in [-0.15, -0.1) is 0 Å². The first-order valence-corrected chi connectivity index (χ1v) is 10.7. The van der Waals surface area contributed by atoms with E-state index in [2.05, 4.69) is 26.0 Å². The van der Waals surface area contributed by atoms with Crippen molar-refractivity contribution < 1.29 is 5.11 Å². The van der Waals surface area contributed by atoms with Gasteiger partial charge >= 0.3 is 0 Å². The summed E-state index contributed by atoms with van der Waals surface area (Å²) < 4.78 is 0. The zero-order valence-electron chi connectivity index (χ0n) is 17.1. The fourth-order valence-corrected chi connectivity index (χ4v) is 6.27. The Labute approximate surface area is 151 Å². The van der Waals surface area contributed by atoms with Gasteiger partial charge in [0.25, 0.3) is 0 Å². The number of rotatable bonds is 4. The van der Waals surface area contributed by atoms with Gasteiger partial charge in [-0.2, -0.15) is 0 Å². The van der Waals surface area contributed by atoms with Gasteiger partial charge in [0.2, 0.25) is 0 Å². The molecule has 1 nitrogen and oxygen atoms in total. The van der Waals surface area contributed by atoms with E-state index in [1.54, 1.807) is 0 Å². The predicted octanol–water partition coefficient (Wildman–Crippen LogP) is 6.61. The second kappa shape index (κ2) is 7.94. The quantitative estimate of drug-likeness (QED) is 0.574. The molecule has 0 aromatic carbocycles. The Morgan fingerprint density at radius 2 is 1.83 bits per heavy atom. The molecule has 6 unspecified atom stereocenters. The number of allylic oxidation sites excluding steroid dienone is 2. The lowest BCUT2D eigenvalue weighted by atomic mass is 9.54. The Kier molecular flexibility index (Phi) is 6.62. The van der Waals surface area contributed by atoms with Crippen molar-refractivity contribution in [2.75, 3.05) is 0 Å². The van der Waals surface area contributed by atoms with Gasteiger partial charge in [0.1, 0.15) is 0 Å². The van der Waals surface area contributed by atoms with Crippen LogP contribution in [0.3, 0.4) is 0 Å². The lowest BCUT2D eigenvalue weighted by molar-refractivity contribution is -0.00718. The Morgan fingerprint density at radius 3 is 2.50 bits per heavy atom. The monoisotopic (exact) mass is 334 g/mol.